The lowest BCUT2D eigenvalue weighted by atomic mass is 10.1. The van der Waals surface area contributed by atoms with Gasteiger partial charge >= 0.3 is 0 Å². The fourth-order valence-corrected chi connectivity index (χ4v) is 1.48. The first-order valence-electron chi connectivity index (χ1n) is 4.03. The summed E-state index contributed by atoms with van der Waals surface area (Å²) < 4.78 is 24.5. The minimum atomic E-state index is -2.42. The summed E-state index contributed by atoms with van der Waals surface area (Å²) in [6, 6.07) is 3.80. The molecule has 0 heterocycles. The number of nitrogens with two attached hydrogens (primary N) is 1. The molecule has 1 aromatic rings. The van der Waals surface area contributed by atoms with E-state index in [9.17, 15) is 13.9 Å². The number of alkyl halides is 2. The molecule has 1 rings (SSSR count). The van der Waals surface area contributed by atoms with Crippen LogP contribution in [-0.4, -0.2) is 11.5 Å². The average Bonchev–Trinajstić information content (AvgIpc) is 2.08. The quantitative estimate of drug-likeness (QED) is 0.900. The highest BCUT2D eigenvalue weighted by atomic mass is 79.9. The monoisotopic (exact) mass is 301 g/mol. The van der Waals surface area contributed by atoms with E-state index >= 15 is 0 Å². The van der Waals surface area contributed by atoms with Crippen LogP contribution in [0.15, 0.2) is 22.7 Å². The third-order valence-electron chi connectivity index (χ3n) is 1.83. The van der Waals surface area contributed by atoms with Gasteiger partial charge in [-0.1, -0.05) is 6.07 Å². The fraction of sp³-hybridized carbons (Fsp3) is 0.333. The van der Waals surface area contributed by atoms with Crippen LogP contribution in [0, 0.1) is 0 Å². The lowest BCUT2D eigenvalue weighted by Gasteiger charge is -2.11. The summed E-state index contributed by atoms with van der Waals surface area (Å²) in [6.07, 6.45) is -2.80. The van der Waals surface area contributed by atoms with Crippen LogP contribution in [0.1, 0.15) is 18.0 Å². The number of rotatable bonds is 3. The SMILES string of the molecule is Cl.N[C@H](CC(F)F)c1ccc(O)c(Br)c1. The second-order valence-electron chi connectivity index (χ2n) is 2.94. The van der Waals surface area contributed by atoms with Crippen LogP contribution in [0.2, 0.25) is 0 Å². The van der Waals surface area contributed by atoms with Gasteiger partial charge in [0.25, 0.3) is 0 Å². The van der Waals surface area contributed by atoms with Crippen molar-refractivity contribution in [3.05, 3.63) is 28.2 Å². The molecule has 0 aliphatic carbocycles. The van der Waals surface area contributed by atoms with Crippen molar-refractivity contribution in [1.82, 2.24) is 0 Å². The third-order valence-corrected chi connectivity index (χ3v) is 2.47. The molecule has 1 aromatic carbocycles. The van der Waals surface area contributed by atoms with Crippen molar-refractivity contribution in [2.75, 3.05) is 0 Å². The summed E-state index contributed by atoms with van der Waals surface area (Å²) in [7, 11) is 0. The first-order chi connectivity index (χ1) is 6.50. The lowest BCUT2D eigenvalue weighted by molar-refractivity contribution is 0.128. The molecule has 3 N–H and O–H groups in total. The Morgan fingerprint density at radius 2 is 2.00 bits per heavy atom. The van der Waals surface area contributed by atoms with Crippen molar-refractivity contribution in [1.29, 1.82) is 0 Å². The van der Waals surface area contributed by atoms with E-state index in [2.05, 4.69) is 15.9 Å². The van der Waals surface area contributed by atoms with Crippen molar-refractivity contribution < 1.29 is 13.9 Å². The number of phenols is 1. The van der Waals surface area contributed by atoms with Gasteiger partial charge in [0.15, 0.2) is 0 Å². The Kier molecular flexibility index (Phi) is 6.09. The zero-order chi connectivity index (χ0) is 10.7. The molecule has 0 fully saturated rings. The smallest absolute Gasteiger partial charge is 0.240 e. The molecule has 0 aromatic heterocycles. The highest BCUT2D eigenvalue weighted by Crippen LogP contribution is 2.28. The van der Waals surface area contributed by atoms with E-state index in [1.165, 1.54) is 12.1 Å². The van der Waals surface area contributed by atoms with Gasteiger partial charge in [-0.3, -0.25) is 0 Å². The Balaban J connectivity index is 0.00000196. The van der Waals surface area contributed by atoms with Crippen molar-refractivity contribution in [2.24, 2.45) is 5.73 Å². The van der Waals surface area contributed by atoms with Crippen molar-refractivity contribution >= 4 is 28.3 Å². The second-order valence-corrected chi connectivity index (χ2v) is 3.80. The number of benzene rings is 1. The average molecular weight is 303 g/mol. The largest absolute Gasteiger partial charge is 0.507 e. The minimum Gasteiger partial charge on any atom is -0.507 e. The number of halogens is 4. The molecule has 0 radical (unpaired) electrons. The van der Waals surface area contributed by atoms with Crippen LogP contribution >= 0.6 is 28.3 Å². The van der Waals surface area contributed by atoms with E-state index in [4.69, 9.17) is 5.73 Å². The lowest BCUT2D eigenvalue weighted by Crippen LogP contribution is -2.13. The Labute approximate surface area is 101 Å². The van der Waals surface area contributed by atoms with Gasteiger partial charge < -0.3 is 10.8 Å². The zero-order valence-corrected chi connectivity index (χ0v) is 10.1. The summed E-state index contributed by atoms with van der Waals surface area (Å²) in [4.78, 5) is 0. The third kappa shape index (κ3) is 4.32. The van der Waals surface area contributed by atoms with E-state index in [0.717, 1.165) is 0 Å². The molecule has 15 heavy (non-hydrogen) atoms. The maximum atomic E-state index is 12.0. The molecule has 0 aliphatic rings. The molecule has 1 atom stereocenters. The Bertz CT molecular complexity index is 325. The molecule has 0 amide bonds. The zero-order valence-electron chi connectivity index (χ0n) is 7.66. The van der Waals surface area contributed by atoms with Gasteiger partial charge in [-0.2, -0.15) is 0 Å². The molecule has 2 nitrogen and oxygen atoms in total. The van der Waals surface area contributed by atoms with Crippen LogP contribution < -0.4 is 5.73 Å². The van der Waals surface area contributed by atoms with Gasteiger partial charge in [-0.15, -0.1) is 12.4 Å². The van der Waals surface area contributed by atoms with E-state index in [1.807, 2.05) is 0 Å². The molecule has 0 saturated heterocycles. The second kappa shape index (κ2) is 6.25. The molecule has 0 bridgehead atoms. The molecule has 0 aliphatic heterocycles. The Hall–Kier alpha value is -0.390. The summed E-state index contributed by atoms with van der Waals surface area (Å²) >= 11 is 3.09. The Morgan fingerprint density at radius 1 is 1.40 bits per heavy atom. The minimum absolute atomic E-state index is 0. The van der Waals surface area contributed by atoms with Gasteiger partial charge in [0, 0.05) is 12.5 Å². The maximum Gasteiger partial charge on any atom is 0.240 e. The summed E-state index contributed by atoms with van der Waals surface area (Å²) in [5.41, 5.74) is 6.11. The van der Waals surface area contributed by atoms with Gasteiger partial charge in [0.05, 0.1) is 4.47 Å². The van der Waals surface area contributed by atoms with E-state index in [-0.39, 0.29) is 24.6 Å². The van der Waals surface area contributed by atoms with Crippen LogP contribution in [0.25, 0.3) is 0 Å². The maximum absolute atomic E-state index is 12.0. The van der Waals surface area contributed by atoms with Crippen molar-refractivity contribution in [2.45, 2.75) is 18.9 Å². The summed E-state index contributed by atoms with van der Waals surface area (Å²) in [5, 5.41) is 9.17. The predicted octanol–water partition coefficient (Wildman–Crippen LogP) is 3.23. The molecular weight excluding hydrogens is 291 g/mol. The molecule has 0 unspecified atom stereocenters. The molecule has 0 saturated carbocycles. The van der Waals surface area contributed by atoms with Gasteiger partial charge in [-0.25, -0.2) is 8.78 Å². The van der Waals surface area contributed by atoms with Crippen LogP contribution in [0.4, 0.5) is 8.78 Å². The van der Waals surface area contributed by atoms with Gasteiger partial charge in [-0.05, 0) is 33.6 Å². The standard InChI is InChI=1S/C9H10BrF2NO.ClH/c10-6-3-5(1-2-8(6)14)7(13)4-9(11)12;/h1-3,7,9,14H,4,13H2;1H/t7-;/m1./s1. The molecule has 86 valence electrons. The van der Waals surface area contributed by atoms with E-state index in [1.54, 1.807) is 6.07 Å². The normalized spacial score (nSPS) is 12.3. The number of hydrogen-bond acceptors (Lipinski definition) is 2. The number of aromatic hydroxyl groups is 1. The highest BCUT2D eigenvalue weighted by Gasteiger charge is 2.13. The van der Waals surface area contributed by atoms with Crippen LogP contribution in [-0.2, 0) is 0 Å². The first-order valence-corrected chi connectivity index (χ1v) is 4.82. The topological polar surface area (TPSA) is 46.2 Å². The van der Waals surface area contributed by atoms with Crippen molar-refractivity contribution in [3.8, 4) is 5.75 Å². The summed E-state index contributed by atoms with van der Waals surface area (Å²) in [5.74, 6) is 0.0676. The fourth-order valence-electron chi connectivity index (χ4n) is 1.08. The first kappa shape index (κ1) is 14.6. The highest BCUT2D eigenvalue weighted by molar-refractivity contribution is 9.10. The predicted molar refractivity (Wildman–Crippen MR) is 60.6 cm³/mol. The number of hydrogen-bond donors (Lipinski definition) is 2. The Morgan fingerprint density at radius 3 is 2.47 bits per heavy atom. The van der Waals surface area contributed by atoms with Crippen molar-refractivity contribution in [3.63, 3.8) is 0 Å². The van der Waals surface area contributed by atoms with E-state index in [0.29, 0.717) is 10.0 Å². The summed E-state index contributed by atoms with van der Waals surface area (Å²) in [6.45, 7) is 0. The van der Waals surface area contributed by atoms with E-state index < -0.39 is 12.5 Å². The molecular formula is C9H11BrClF2NO. The number of phenolic OH excluding ortho intramolecular Hbond substituents is 1. The molecule has 6 heteroatoms. The van der Waals surface area contributed by atoms with Crippen LogP contribution in [0.3, 0.4) is 0 Å². The molecule has 0 spiro atoms. The van der Waals surface area contributed by atoms with Crippen LogP contribution in [0.5, 0.6) is 5.75 Å². The van der Waals surface area contributed by atoms with Gasteiger partial charge in [0.2, 0.25) is 6.43 Å². The van der Waals surface area contributed by atoms with Gasteiger partial charge in [0.1, 0.15) is 5.75 Å².